The predicted molar refractivity (Wildman–Crippen MR) is 73.4 cm³/mol. The molecule has 1 fully saturated rings. The van der Waals surface area contributed by atoms with Crippen LogP contribution in [0.25, 0.3) is 22.8 Å². The molecular weight excluding hydrogens is 276 g/mol. The number of nitrogens with one attached hydrogen (secondary N) is 1. The van der Waals surface area contributed by atoms with Gasteiger partial charge in [0.25, 0.3) is 5.89 Å². The zero-order valence-electron chi connectivity index (χ0n) is 10.6. The van der Waals surface area contributed by atoms with E-state index in [1.165, 1.54) is 0 Å². The van der Waals surface area contributed by atoms with Crippen LogP contribution in [0.5, 0.6) is 0 Å². The number of hydrogen-bond acceptors (Lipinski definition) is 6. The topological polar surface area (TPSA) is 76.8 Å². The zero-order valence-corrected chi connectivity index (χ0v) is 11.4. The molecule has 0 amide bonds. The van der Waals surface area contributed by atoms with Crippen LogP contribution in [0.3, 0.4) is 0 Å². The molecule has 7 heteroatoms. The first kappa shape index (κ1) is 11.8. The number of rotatable bonds is 3. The first-order chi connectivity index (χ1) is 9.90. The van der Waals surface area contributed by atoms with E-state index in [1.807, 2.05) is 17.5 Å². The summed E-state index contributed by atoms with van der Waals surface area (Å²) in [4.78, 5) is 4.43. The van der Waals surface area contributed by atoms with Crippen molar-refractivity contribution < 1.29 is 9.26 Å². The van der Waals surface area contributed by atoms with E-state index in [2.05, 4.69) is 25.7 Å². The third-order valence-corrected chi connectivity index (χ3v) is 4.05. The summed E-state index contributed by atoms with van der Waals surface area (Å²) in [5.41, 5.74) is 2.70. The van der Waals surface area contributed by atoms with Crippen LogP contribution in [0, 0.1) is 0 Å². The van der Waals surface area contributed by atoms with Crippen LogP contribution >= 0.6 is 11.3 Å². The average molecular weight is 288 g/mol. The summed E-state index contributed by atoms with van der Waals surface area (Å²) >= 11 is 1.64. The number of aromatic amines is 1. The molecule has 3 aromatic rings. The third-order valence-electron chi connectivity index (χ3n) is 3.36. The fourth-order valence-electron chi connectivity index (χ4n) is 2.24. The molecule has 3 aromatic heterocycles. The van der Waals surface area contributed by atoms with Crippen molar-refractivity contribution in [2.75, 3.05) is 13.2 Å². The van der Waals surface area contributed by atoms with Crippen molar-refractivity contribution in [1.82, 2.24) is 20.3 Å². The van der Waals surface area contributed by atoms with Crippen molar-refractivity contribution in [3.63, 3.8) is 0 Å². The van der Waals surface area contributed by atoms with Crippen molar-refractivity contribution >= 4 is 11.3 Å². The Morgan fingerprint density at radius 2 is 2.40 bits per heavy atom. The molecule has 20 heavy (non-hydrogen) atoms. The summed E-state index contributed by atoms with van der Waals surface area (Å²) in [7, 11) is 0. The van der Waals surface area contributed by atoms with Crippen LogP contribution in [0.1, 0.15) is 18.2 Å². The van der Waals surface area contributed by atoms with Crippen molar-refractivity contribution in [2.45, 2.75) is 12.3 Å². The molecular formula is C13H12N4O2S. The number of hydrogen-bond donors (Lipinski definition) is 1. The second-order valence-corrected chi connectivity index (χ2v) is 5.48. The second-order valence-electron chi connectivity index (χ2n) is 4.70. The van der Waals surface area contributed by atoms with Crippen LogP contribution in [0.2, 0.25) is 0 Å². The van der Waals surface area contributed by atoms with Gasteiger partial charge in [-0.15, -0.1) is 0 Å². The highest BCUT2D eigenvalue weighted by atomic mass is 32.1. The molecule has 1 aliphatic heterocycles. The van der Waals surface area contributed by atoms with Gasteiger partial charge in [-0.1, -0.05) is 5.16 Å². The highest BCUT2D eigenvalue weighted by Gasteiger charge is 2.24. The Balaban J connectivity index is 1.61. The summed E-state index contributed by atoms with van der Waals surface area (Å²) in [5.74, 6) is 1.43. The lowest BCUT2D eigenvalue weighted by atomic mass is 10.1. The van der Waals surface area contributed by atoms with E-state index >= 15 is 0 Å². The normalized spacial score (nSPS) is 18.7. The summed E-state index contributed by atoms with van der Waals surface area (Å²) in [6.45, 7) is 1.43. The molecule has 6 nitrogen and oxygen atoms in total. The van der Waals surface area contributed by atoms with Crippen molar-refractivity contribution in [3.8, 4) is 22.8 Å². The lowest BCUT2D eigenvalue weighted by molar-refractivity contribution is 0.192. The molecule has 1 atom stereocenters. The zero-order chi connectivity index (χ0) is 13.4. The van der Waals surface area contributed by atoms with Gasteiger partial charge in [-0.3, -0.25) is 5.10 Å². The van der Waals surface area contributed by atoms with Gasteiger partial charge in [0.2, 0.25) is 0 Å². The largest absolute Gasteiger partial charge is 0.381 e. The molecule has 4 heterocycles. The van der Waals surface area contributed by atoms with Gasteiger partial charge in [0.05, 0.1) is 12.3 Å². The van der Waals surface area contributed by atoms with Crippen LogP contribution in [-0.4, -0.2) is 33.6 Å². The smallest absolute Gasteiger partial charge is 0.275 e. The van der Waals surface area contributed by atoms with E-state index in [4.69, 9.17) is 9.26 Å². The Morgan fingerprint density at radius 1 is 1.40 bits per heavy atom. The molecule has 0 radical (unpaired) electrons. The lowest BCUT2D eigenvalue weighted by Gasteiger charge is -1.97. The average Bonchev–Trinajstić information content (AvgIpc) is 3.22. The summed E-state index contributed by atoms with van der Waals surface area (Å²) in [6, 6.07) is 3.95. The van der Waals surface area contributed by atoms with E-state index in [1.54, 1.807) is 11.3 Å². The minimum atomic E-state index is 0.242. The molecule has 0 aromatic carbocycles. The third kappa shape index (κ3) is 2.04. The Hall–Kier alpha value is -1.99. The van der Waals surface area contributed by atoms with Crippen LogP contribution < -0.4 is 0 Å². The number of ether oxygens (including phenoxy) is 1. The number of thiophene rings is 1. The highest BCUT2D eigenvalue weighted by molar-refractivity contribution is 7.08. The van der Waals surface area contributed by atoms with Crippen LogP contribution in [0.4, 0.5) is 0 Å². The van der Waals surface area contributed by atoms with Gasteiger partial charge in [0, 0.05) is 23.5 Å². The molecule has 0 aliphatic carbocycles. The van der Waals surface area contributed by atoms with Gasteiger partial charge >= 0.3 is 0 Å². The molecule has 102 valence electrons. The maximum Gasteiger partial charge on any atom is 0.275 e. The quantitative estimate of drug-likeness (QED) is 0.801. The maximum atomic E-state index is 5.34. The molecule has 1 saturated heterocycles. The van der Waals surface area contributed by atoms with E-state index in [-0.39, 0.29) is 5.92 Å². The van der Waals surface area contributed by atoms with Crippen LogP contribution in [-0.2, 0) is 4.74 Å². The molecule has 4 rings (SSSR count). The fraction of sp³-hybridized carbons (Fsp3) is 0.308. The molecule has 1 N–H and O–H groups in total. The lowest BCUT2D eigenvalue weighted by Crippen LogP contribution is -1.99. The number of nitrogens with zero attached hydrogens (tertiary/aromatic N) is 3. The minimum Gasteiger partial charge on any atom is -0.381 e. The molecule has 0 spiro atoms. The van der Waals surface area contributed by atoms with Gasteiger partial charge in [0.1, 0.15) is 5.69 Å². The standard InChI is InChI=1S/C13H12N4O2S/c1-3-18-6-8(1)12-14-13(19-17-12)11-5-10(15-16-11)9-2-4-20-7-9/h2,4-5,7-8H,1,3,6H2,(H,15,16). The van der Waals surface area contributed by atoms with Crippen molar-refractivity contribution in [2.24, 2.45) is 0 Å². The second kappa shape index (κ2) is 4.84. The fourth-order valence-corrected chi connectivity index (χ4v) is 2.89. The molecule has 1 aliphatic rings. The van der Waals surface area contributed by atoms with E-state index < -0.39 is 0 Å². The van der Waals surface area contributed by atoms with Gasteiger partial charge in [-0.25, -0.2) is 0 Å². The monoisotopic (exact) mass is 288 g/mol. The molecule has 0 saturated carbocycles. The van der Waals surface area contributed by atoms with E-state index in [0.29, 0.717) is 18.3 Å². The van der Waals surface area contributed by atoms with Gasteiger partial charge in [0.15, 0.2) is 5.82 Å². The molecule has 1 unspecified atom stereocenters. The van der Waals surface area contributed by atoms with Gasteiger partial charge < -0.3 is 9.26 Å². The first-order valence-electron chi connectivity index (χ1n) is 6.40. The van der Waals surface area contributed by atoms with Gasteiger partial charge in [-0.05, 0) is 23.9 Å². The highest BCUT2D eigenvalue weighted by Crippen LogP contribution is 2.27. The summed E-state index contributed by atoms with van der Waals surface area (Å²) in [6.07, 6.45) is 0.947. The SMILES string of the molecule is c1cc(-c2cc(-c3nc(C4CCOC4)no3)[nH]n2)cs1. The number of aromatic nitrogens is 4. The van der Waals surface area contributed by atoms with Gasteiger partial charge in [-0.2, -0.15) is 21.4 Å². The van der Waals surface area contributed by atoms with E-state index in [9.17, 15) is 0 Å². The molecule has 0 bridgehead atoms. The maximum absolute atomic E-state index is 5.34. The first-order valence-corrected chi connectivity index (χ1v) is 7.34. The Morgan fingerprint density at radius 3 is 3.20 bits per heavy atom. The predicted octanol–water partition coefficient (Wildman–Crippen LogP) is 2.69. The Bertz CT molecular complexity index is 698. The van der Waals surface area contributed by atoms with Crippen molar-refractivity contribution in [1.29, 1.82) is 0 Å². The number of H-pyrrole nitrogens is 1. The summed E-state index contributed by atoms with van der Waals surface area (Å²) in [5, 5.41) is 15.3. The minimum absolute atomic E-state index is 0.242. The van der Waals surface area contributed by atoms with Crippen molar-refractivity contribution in [3.05, 3.63) is 28.7 Å². The Kier molecular flexibility index (Phi) is 2.86. The summed E-state index contributed by atoms with van der Waals surface area (Å²) < 4.78 is 10.6. The Labute approximate surface area is 118 Å². The van der Waals surface area contributed by atoms with Crippen LogP contribution in [0.15, 0.2) is 27.4 Å². The van der Waals surface area contributed by atoms with E-state index in [0.717, 1.165) is 30.0 Å².